The molecule has 5 rings (SSSR count). The number of carbonyl (C=O) groups excluding carboxylic acids is 2. The van der Waals surface area contributed by atoms with Crippen LogP contribution in [0.1, 0.15) is 17.2 Å². The number of amides is 2. The van der Waals surface area contributed by atoms with E-state index in [2.05, 4.69) is 10.3 Å². The monoisotopic (exact) mass is 444 g/mol. The largest absolute Gasteiger partial charge is 0.323 e. The minimum Gasteiger partial charge on any atom is -0.323 e. The Morgan fingerprint density at radius 1 is 1.00 bits per heavy atom. The minimum absolute atomic E-state index is 0.0393. The van der Waals surface area contributed by atoms with Crippen LogP contribution in [0, 0.1) is 5.82 Å². The van der Waals surface area contributed by atoms with Crippen LogP contribution in [-0.2, 0) is 9.59 Å². The number of nitrogens with one attached hydrogen (secondary N) is 1. The van der Waals surface area contributed by atoms with Gasteiger partial charge < -0.3 is 5.32 Å². The number of hydrogen-bond donors (Lipinski definition) is 1. The number of nitrogens with zero attached hydrogens (tertiary/aromatic N) is 3. The minimum atomic E-state index is -0.671. The molecule has 0 unspecified atom stereocenters. The van der Waals surface area contributed by atoms with Crippen molar-refractivity contribution in [1.29, 1.82) is 0 Å². The molecule has 3 aromatic rings. The Balaban J connectivity index is 1.41. The van der Waals surface area contributed by atoms with E-state index in [0.29, 0.717) is 16.7 Å². The van der Waals surface area contributed by atoms with Crippen LogP contribution in [0.15, 0.2) is 88.8 Å². The predicted molar refractivity (Wildman–Crippen MR) is 124 cm³/mol. The second-order valence-corrected chi connectivity index (χ2v) is 8.11. The Bertz CT molecular complexity index is 1280. The first-order valence-corrected chi connectivity index (χ1v) is 10.9. The van der Waals surface area contributed by atoms with E-state index >= 15 is 0 Å². The second kappa shape index (κ2) is 8.39. The number of fused-ring (bicyclic) bond motifs is 3. The Labute approximate surface area is 187 Å². The normalized spacial score (nSPS) is 16.7. The summed E-state index contributed by atoms with van der Waals surface area (Å²) >= 11 is 1.11. The molecule has 0 bridgehead atoms. The van der Waals surface area contributed by atoms with Crippen LogP contribution in [0.25, 0.3) is 0 Å². The van der Waals surface area contributed by atoms with Gasteiger partial charge in [0.25, 0.3) is 5.91 Å². The summed E-state index contributed by atoms with van der Waals surface area (Å²) in [5.41, 5.74) is 2.34. The number of carbonyl (C=O) groups is 2. The molecular weight excluding hydrogens is 427 g/mol. The van der Waals surface area contributed by atoms with Gasteiger partial charge in [-0.1, -0.05) is 66.4 Å². The zero-order chi connectivity index (χ0) is 22.1. The zero-order valence-electron chi connectivity index (χ0n) is 16.7. The summed E-state index contributed by atoms with van der Waals surface area (Å²) in [6.07, 6.45) is 0. The van der Waals surface area contributed by atoms with Gasteiger partial charge in [0, 0.05) is 5.56 Å². The molecule has 0 aliphatic carbocycles. The van der Waals surface area contributed by atoms with Crippen LogP contribution in [0.3, 0.4) is 0 Å². The maximum atomic E-state index is 13.8. The smallest absolute Gasteiger partial charge is 0.263 e. The van der Waals surface area contributed by atoms with Gasteiger partial charge in [0.2, 0.25) is 5.91 Å². The summed E-state index contributed by atoms with van der Waals surface area (Å²) in [6, 6.07) is 22.1. The zero-order valence-corrected chi connectivity index (χ0v) is 17.6. The van der Waals surface area contributed by atoms with Crippen LogP contribution in [0.5, 0.6) is 0 Å². The standard InChI is InChI=1S/C24H17FN4O2S/c25-17-11-5-7-13-19(17)26-20(30)14-32-24-27-18-12-6-4-10-16(18)22-28-21(23(31)29(22)24)15-8-2-1-3-9-15/h1-13,21H,14H2,(H,26,30)/t21-/m1/s1. The molecule has 1 atom stereocenters. The fraction of sp³-hybridized carbons (Fsp3) is 0.0833. The summed E-state index contributed by atoms with van der Waals surface area (Å²) < 4.78 is 13.8. The van der Waals surface area contributed by atoms with E-state index in [0.717, 1.165) is 22.9 Å². The summed E-state index contributed by atoms with van der Waals surface area (Å²) in [7, 11) is 0. The van der Waals surface area contributed by atoms with E-state index in [1.54, 1.807) is 12.1 Å². The lowest BCUT2D eigenvalue weighted by molar-refractivity contribution is -0.124. The number of benzene rings is 3. The van der Waals surface area contributed by atoms with Crippen LogP contribution < -0.4 is 5.32 Å². The van der Waals surface area contributed by atoms with E-state index in [9.17, 15) is 14.0 Å². The Hall–Kier alpha value is -3.78. The molecule has 6 nitrogen and oxygen atoms in total. The number of rotatable bonds is 4. The highest BCUT2D eigenvalue weighted by atomic mass is 32.2. The fourth-order valence-corrected chi connectivity index (χ4v) is 4.38. The van der Waals surface area contributed by atoms with E-state index in [1.807, 2.05) is 54.6 Å². The third-order valence-corrected chi connectivity index (χ3v) is 6.00. The maximum Gasteiger partial charge on any atom is 0.263 e. The molecule has 158 valence electrons. The first-order chi connectivity index (χ1) is 15.6. The molecule has 2 amide bonds. The molecule has 2 heterocycles. The van der Waals surface area contributed by atoms with Gasteiger partial charge in [-0.15, -0.1) is 0 Å². The van der Waals surface area contributed by atoms with Gasteiger partial charge in [0.05, 0.1) is 17.1 Å². The molecule has 2 aliphatic heterocycles. The first-order valence-electron chi connectivity index (χ1n) is 9.94. The van der Waals surface area contributed by atoms with Gasteiger partial charge in [-0.25, -0.2) is 19.3 Å². The second-order valence-electron chi connectivity index (χ2n) is 7.17. The SMILES string of the molecule is O=C(CSC1=Nc2ccccc2C2=N[C@H](c3ccccc3)C(=O)N12)Nc1ccccc1F. The van der Waals surface area contributed by atoms with Crippen molar-refractivity contribution in [2.45, 2.75) is 6.04 Å². The number of anilines is 1. The van der Waals surface area contributed by atoms with Crippen molar-refractivity contribution >= 4 is 46.0 Å². The quantitative estimate of drug-likeness (QED) is 0.643. The molecule has 3 aromatic carbocycles. The molecule has 1 N–H and O–H groups in total. The average molecular weight is 444 g/mol. The number of para-hydroxylation sites is 2. The van der Waals surface area contributed by atoms with Crippen molar-refractivity contribution in [3.63, 3.8) is 0 Å². The highest BCUT2D eigenvalue weighted by molar-refractivity contribution is 8.14. The highest BCUT2D eigenvalue weighted by Crippen LogP contribution is 2.37. The summed E-state index contributed by atoms with van der Waals surface area (Å²) in [6.45, 7) is 0. The third-order valence-electron chi connectivity index (χ3n) is 5.07. The van der Waals surface area contributed by atoms with Crippen LogP contribution in [0.2, 0.25) is 0 Å². The highest BCUT2D eigenvalue weighted by Gasteiger charge is 2.42. The molecule has 2 aliphatic rings. The van der Waals surface area contributed by atoms with Gasteiger partial charge in [0.1, 0.15) is 11.7 Å². The van der Waals surface area contributed by atoms with Crippen molar-refractivity contribution in [2.24, 2.45) is 9.98 Å². The van der Waals surface area contributed by atoms with Crippen molar-refractivity contribution in [3.8, 4) is 0 Å². The number of halogens is 1. The van der Waals surface area contributed by atoms with E-state index in [1.165, 1.54) is 17.0 Å². The fourth-order valence-electron chi connectivity index (χ4n) is 3.58. The van der Waals surface area contributed by atoms with Crippen molar-refractivity contribution in [3.05, 3.63) is 95.8 Å². The topological polar surface area (TPSA) is 74.1 Å². The number of aliphatic imine (C=N–C) groups is 2. The molecule has 32 heavy (non-hydrogen) atoms. The Kier molecular flexibility index (Phi) is 5.28. The summed E-state index contributed by atoms with van der Waals surface area (Å²) in [5, 5.41) is 2.92. The van der Waals surface area contributed by atoms with Crippen LogP contribution >= 0.6 is 11.8 Å². The Morgan fingerprint density at radius 3 is 2.53 bits per heavy atom. The molecule has 8 heteroatoms. The summed E-state index contributed by atoms with van der Waals surface area (Å²) in [4.78, 5) is 36.5. The number of amidine groups is 2. The predicted octanol–water partition coefficient (Wildman–Crippen LogP) is 4.53. The van der Waals surface area contributed by atoms with E-state index < -0.39 is 17.8 Å². The van der Waals surface area contributed by atoms with Crippen LogP contribution in [0.4, 0.5) is 15.8 Å². The van der Waals surface area contributed by atoms with Crippen LogP contribution in [-0.4, -0.2) is 33.5 Å². The number of thioether (sulfide) groups is 1. The molecule has 0 fully saturated rings. The van der Waals surface area contributed by atoms with E-state index in [4.69, 9.17) is 4.99 Å². The lowest BCUT2D eigenvalue weighted by atomic mass is 10.1. The molecule has 0 aromatic heterocycles. The summed E-state index contributed by atoms with van der Waals surface area (Å²) in [5.74, 6) is -0.647. The lowest BCUT2D eigenvalue weighted by Gasteiger charge is -2.25. The van der Waals surface area contributed by atoms with Crippen molar-refractivity contribution < 1.29 is 14.0 Å². The molecule has 0 saturated heterocycles. The van der Waals surface area contributed by atoms with Crippen molar-refractivity contribution in [2.75, 3.05) is 11.1 Å². The first kappa shape index (κ1) is 20.1. The number of hydrogen-bond acceptors (Lipinski definition) is 5. The molecule has 0 spiro atoms. The molecular formula is C24H17FN4O2S. The molecule has 0 saturated carbocycles. The lowest BCUT2D eigenvalue weighted by Crippen LogP contribution is -2.40. The molecule has 0 radical (unpaired) electrons. The Morgan fingerprint density at radius 2 is 1.72 bits per heavy atom. The third kappa shape index (κ3) is 3.69. The van der Waals surface area contributed by atoms with Gasteiger partial charge in [0.15, 0.2) is 11.2 Å². The van der Waals surface area contributed by atoms with Crippen molar-refractivity contribution in [1.82, 2.24) is 4.90 Å². The van der Waals surface area contributed by atoms with Gasteiger partial charge in [-0.05, 0) is 29.8 Å². The average Bonchev–Trinajstić information content (AvgIpc) is 3.17. The van der Waals surface area contributed by atoms with E-state index in [-0.39, 0.29) is 17.3 Å². The van der Waals surface area contributed by atoms with Gasteiger partial charge in [-0.2, -0.15) is 0 Å². The maximum absolute atomic E-state index is 13.8. The van der Waals surface area contributed by atoms with Gasteiger partial charge >= 0.3 is 0 Å². The van der Waals surface area contributed by atoms with Gasteiger partial charge in [-0.3, -0.25) is 9.59 Å².